The fourth-order valence-corrected chi connectivity index (χ4v) is 5.00. The van der Waals surface area contributed by atoms with Crippen molar-refractivity contribution in [2.24, 2.45) is 5.92 Å². The number of hydrogen-bond acceptors (Lipinski definition) is 3. The number of carboxylic acids is 1. The molecule has 3 atom stereocenters. The summed E-state index contributed by atoms with van der Waals surface area (Å²) in [7, 11) is 1.68. The Balaban J connectivity index is 1.74. The summed E-state index contributed by atoms with van der Waals surface area (Å²) >= 11 is 0. The summed E-state index contributed by atoms with van der Waals surface area (Å²) in [6.45, 7) is 0. The van der Waals surface area contributed by atoms with E-state index in [0.717, 1.165) is 29.0 Å². The van der Waals surface area contributed by atoms with E-state index in [1.807, 2.05) is 24.3 Å². The van der Waals surface area contributed by atoms with Gasteiger partial charge in [0, 0.05) is 11.5 Å². The SMILES string of the molecule is COc1ccccc1[C@@H]1Nc2c(C(=O)O)cccc2[C@H]2c3ccccc3C[C@@H]21. The molecule has 2 aliphatic rings. The first kappa shape index (κ1) is 16.9. The van der Waals surface area contributed by atoms with Crippen molar-refractivity contribution in [3.63, 3.8) is 0 Å². The fraction of sp³-hybridized carbons (Fsp3) is 0.208. The Labute approximate surface area is 163 Å². The molecule has 0 aromatic heterocycles. The average Bonchev–Trinajstić information content (AvgIpc) is 3.12. The molecule has 5 rings (SSSR count). The van der Waals surface area contributed by atoms with E-state index >= 15 is 0 Å². The van der Waals surface area contributed by atoms with Crippen LogP contribution in [-0.4, -0.2) is 18.2 Å². The number of methoxy groups -OCH3 is 1. The highest BCUT2D eigenvalue weighted by molar-refractivity contribution is 5.96. The van der Waals surface area contributed by atoms with Gasteiger partial charge < -0.3 is 15.2 Å². The van der Waals surface area contributed by atoms with E-state index in [9.17, 15) is 9.90 Å². The molecular formula is C24H21NO3. The van der Waals surface area contributed by atoms with Crippen LogP contribution < -0.4 is 10.1 Å². The van der Waals surface area contributed by atoms with E-state index in [4.69, 9.17) is 4.74 Å². The monoisotopic (exact) mass is 371 g/mol. The number of carboxylic acid groups (broad SMARTS) is 1. The van der Waals surface area contributed by atoms with Gasteiger partial charge >= 0.3 is 5.97 Å². The van der Waals surface area contributed by atoms with E-state index in [2.05, 4.69) is 41.7 Å². The standard InChI is InChI=1S/C24H21NO3/c1-28-20-12-5-4-9-16(20)22-19-13-14-7-2-3-8-15(14)21(19)17-10-6-11-18(24(26)27)23(17)25-22/h2-12,19,21-22,25H,13H2,1H3,(H,26,27)/t19-,21+,22-/m0/s1. The Morgan fingerprint density at radius 1 is 0.964 bits per heavy atom. The van der Waals surface area contributed by atoms with Crippen molar-refractivity contribution in [1.82, 2.24) is 0 Å². The maximum absolute atomic E-state index is 11.9. The molecule has 4 nitrogen and oxygen atoms in total. The van der Waals surface area contributed by atoms with Crippen molar-refractivity contribution >= 4 is 11.7 Å². The van der Waals surface area contributed by atoms with E-state index in [-0.39, 0.29) is 12.0 Å². The molecule has 140 valence electrons. The quantitative estimate of drug-likeness (QED) is 0.690. The van der Waals surface area contributed by atoms with Crippen molar-refractivity contribution in [1.29, 1.82) is 0 Å². The zero-order chi connectivity index (χ0) is 19.3. The van der Waals surface area contributed by atoms with Gasteiger partial charge in [-0.25, -0.2) is 4.79 Å². The van der Waals surface area contributed by atoms with Gasteiger partial charge in [0.2, 0.25) is 0 Å². The van der Waals surface area contributed by atoms with Gasteiger partial charge in [0.15, 0.2) is 0 Å². The predicted octanol–water partition coefficient (Wildman–Crippen LogP) is 4.86. The van der Waals surface area contributed by atoms with Crippen molar-refractivity contribution < 1.29 is 14.6 Å². The molecule has 0 saturated carbocycles. The average molecular weight is 371 g/mol. The van der Waals surface area contributed by atoms with Gasteiger partial charge in [0.25, 0.3) is 0 Å². The molecule has 4 heteroatoms. The minimum Gasteiger partial charge on any atom is -0.496 e. The molecular weight excluding hydrogens is 350 g/mol. The Kier molecular flexibility index (Phi) is 3.86. The highest BCUT2D eigenvalue weighted by Gasteiger charge is 2.44. The molecule has 0 unspecified atom stereocenters. The molecule has 0 saturated heterocycles. The molecule has 0 amide bonds. The van der Waals surface area contributed by atoms with Gasteiger partial charge in [-0.2, -0.15) is 0 Å². The maximum atomic E-state index is 11.9. The van der Waals surface area contributed by atoms with E-state index in [1.54, 1.807) is 13.2 Å². The lowest BCUT2D eigenvalue weighted by Gasteiger charge is -2.39. The molecule has 0 bridgehead atoms. The summed E-state index contributed by atoms with van der Waals surface area (Å²) in [4.78, 5) is 11.9. The number of para-hydroxylation sites is 2. The first-order valence-corrected chi connectivity index (χ1v) is 9.52. The van der Waals surface area contributed by atoms with Gasteiger partial charge in [-0.05, 0) is 41.2 Å². The Morgan fingerprint density at radius 2 is 1.68 bits per heavy atom. The molecule has 2 N–H and O–H groups in total. The van der Waals surface area contributed by atoms with Crippen molar-refractivity contribution in [3.8, 4) is 5.75 Å². The Bertz CT molecular complexity index is 1070. The number of hydrogen-bond donors (Lipinski definition) is 2. The minimum absolute atomic E-state index is 0.0263. The van der Waals surface area contributed by atoms with Crippen LogP contribution in [0.5, 0.6) is 5.75 Å². The second-order valence-corrected chi connectivity index (χ2v) is 7.48. The first-order chi connectivity index (χ1) is 13.7. The second kappa shape index (κ2) is 6.41. The summed E-state index contributed by atoms with van der Waals surface area (Å²) in [6.07, 6.45) is 0.952. The highest BCUT2D eigenvalue weighted by Crippen LogP contribution is 2.55. The Morgan fingerprint density at radius 3 is 2.46 bits per heavy atom. The van der Waals surface area contributed by atoms with Crippen LogP contribution in [0.4, 0.5) is 5.69 Å². The number of carbonyl (C=O) groups is 1. The highest BCUT2D eigenvalue weighted by atomic mass is 16.5. The zero-order valence-electron chi connectivity index (χ0n) is 15.6. The van der Waals surface area contributed by atoms with E-state index in [0.29, 0.717) is 11.5 Å². The Hall–Kier alpha value is -3.27. The van der Waals surface area contributed by atoms with Crippen LogP contribution in [0.2, 0.25) is 0 Å². The fourth-order valence-electron chi connectivity index (χ4n) is 5.00. The molecule has 1 heterocycles. The molecule has 0 radical (unpaired) electrons. The summed E-state index contributed by atoms with van der Waals surface area (Å²) in [5, 5.41) is 13.4. The van der Waals surface area contributed by atoms with Crippen LogP contribution in [-0.2, 0) is 6.42 Å². The largest absolute Gasteiger partial charge is 0.496 e. The normalized spacial score (nSPS) is 21.8. The molecule has 1 aliphatic carbocycles. The lowest BCUT2D eigenvalue weighted by molar-refractivity contribution is 0.0697. The van der Waals surface area contributed by atoms with Crippen LogP contribution in [0.1, 0.15) is 44.6 Å². The molecule has 3 aromatic rings. The summed E-state index contributed by atoms with van der Waals surface area (Å²) in [5.74, 6) is 0.380. The number of fused-ring (bicyclic) bond motifs is 5. The smallest absolute Gasteiger partial charge is 0.337 e. The van der Waals surface area contributed by atoms with E-state index in [1.165, 1.54) is 11.1 Å². The molecule has 28 heavy (non-hydrogen) atoms. The third-order valence-corrected chi connectivity index (χ3v) is 6.14. The zero-order valence-corrected chi connectivity index (χ0v) is 15.6. The van der Waals surface area contributed by atoms with Gasteiger partial charge in [-0.3, -0.25) is 0 Å². The second-order valence-electron chi connectivity index (χ2n) is 7.48. The predicted molar refractivity (Wildman–Crippen MR) is 108 cm³/mol. The van der Waals surface area contributed by atoms with Gasteiger partial charge in [0.1, 0.15) is 5.75 Å². The molecule has 3 aromatic carbocycles. The van der Waals surface area contributed by atoms with Crippen molar-refractivity contribution in [2.45, 2.75) is 18.4 Å². The topological polar surface area (TPSA) is 58.6 Å². The number of ether oxygens (including phenoxy) is 1. The molecule has 1 aliphatic heterocycles. The maximum Gasteiger partial charge on any atom is 0.337 e. The van der Waals surface area contributed by atoms with Crippen LogP contribution in [0.3, 0.4) is 0 Å². The third-order valence-electron chi connectivity index (χ3n) is 6.14. The number of aromatic carboxylic acids is 1. The van der Waals surface area contributed by atoms with Gasteiger partial charge in [-0.1, -0.05) is 54.6 Å². The summed E-state index contributed by atoms with van der Waals surface area (Å²) in [6, 6.07) is 22.1. The van der Waals surface area contributed by atoms with Crippen LogP contribution in [0, 0.1) is 5.92 Å². The lowest BCUT2D eigenvalue weighted by Crippen LogP contribution is -2.31. The first-order valence-electron chi connectivity index (χ1n) is 9.52. The van der Waals surface area contributed by atoms with Crippen LogP contribution in [0.15, 0.2) is 66.7 Å². The van der Waals surface area contributed by atoms with Gasteiger partial charge in [-0.15, -0.1) is 0 Å². The van der Waals surface area contributed by atoms with Gasteiger partial charge in [0.05, 0.1) is 24.4 Å². The van der Waals surface area contributed by atoms with Crippen molar-refractivity contribution in [2.75, 3.05) is 12.4 Å². The molecule has 0 fully saturated rings. The summed E-state index contributed by atoms with van der Waals surface area (Å²) in [5.41, 5.74) is 5.83. The van der Waals surface area contributed by atoms with Crippen molar-refractivity contribution in [3.05, 3.63) is 94.5 Å². The van der Waals surface area contributed by atoms with Crippen LogP contribution in [0.25, 0.3) is 0 Å². The van der Waals surface area contributed by atoms with Crippen LogP contribution >= 0.6 is 0 Å². The number of nitrogens with one attached hydrogen (secondary N) is 1. The number of anilines is 1. The van der Waals surface area contributed by atoms with E-state index < -0.39 is 5.97 Å². The lowest BCUT2D eigenvalue weighted by atomic mass is 9.75. The third kappa shape index (κ3) is 2.41. The minimum atomic E-state index is -0.909. The number of benzene rings is 3. The number of rotatable bonds is 3. The molecule has 0 spiro atoms. The summed E-state index contributed by atoms with van der Waals surface area (Å²) < 4.78 is 5.63.